The summed E-state index contributed by atoms with van der Waals surface area (Å²) < 4.78 is 13.1. The Morgan fingerprint density at radius 1 is 1.67 bits per heavy atom. The molecule has 0 aliphatic heterocycles. The maximum Gasteiger partial charge on any atom is 0.243 e. The highest BCUT2D eigenvalue weighted by molar-refractivity contribution is 6.30. The minimum atomic E-state index is -1.08. The van der Waals surface area contributed by atoms with Crippen molar-refractivity contribution in [3.63, 3.8) is 0 Å². The number of amides is 1. The van der Waals surface area contributed by atoms with Gasteiger partial charge in [-0.15, -0.1) is 0 Å². The van der Waals surface area contributed by atoms with E-state index in [4.69, 9.17) is 22.4 Å². The molecule has 6 heteroatoms. The number of aliphatic hydroxyl groups is 1. The van der Waals surface area contributed by atoms with Crippen molar-refractivity contribution in [2.45, 2.75) is 6.04 Å². The lowest BCUT2D eigenvalue weighted by Crippen LogP contribution is -2.38. The molecule has 0 heterocycles. The third-order valence-corrected chi connectivity index (χ3v) is 1.95. The van der Waals surface area contributed by atoms with E-state index in [0.29, 0.717) is 5.02 Å². The number of carbonyl (C=O) groups excluding carboxylic acids is 1. The molecule has 0 fully saturated rings. The van der Waals surface area contributed by atoms with Gasteiger partial charge < -0.3 is 16.2 Å². The molecule has 4 nitrogen and oxygen atoms in total. The van der Waals surface area contributed by atoms with E-state index in [1.54, 1.807) is 0 Å². The molecular weight excluding hydrogens is 223 g/mol. The standard InChI is InChI=1S/C9H10ClFN2O2/c10-5-1-2-6(11)8(3-5)13-9(15)7(12)4-14/h1-3,7,14H,4,12H2,(H,13,15). The molecule has 1 aromatic carbocycles. The van der Waals surface area contributed by atoms with Gasteiger partial charge in [0, 0.05) is 5.02 Å². The van der Waals surface area contributed by atoms with E-state index in [1.165, 1.54) is 12.1 Å². The number of hydrogen-bond donors (Lipinski definition) is 3. The van der Waals surface area contributed by atoms with E-state index in [-0.39, 0.29) is 5.69 Å². The van der Waals surface area contributed by atoms with Gasteiger partial charge in [-0.05, 0) is 18.2 Å². The van der Waals surface area contributed by atoms with E-state index >= 15 is 0 Å². The fourth-order valence-corrected chi connectivity index (χ4v) is 1.07. The minimum absolute atomic E-state index is 0.0589. The van der Waals surface area contributed by atoms with Crippen molar-refractivity contribution in [1.82, 2.24) is 0 Å². The monoisotopic (exact) mass is 232 g/mol. The number of benzene rings is 1. The summed E-state index contributed by atoms with van der Waals surface area (Å²) in [5.74, 6) is -1.28. The summed E-state index contributed by atoms with van der Waals surface area (Å²) >= 11 is 5.62. The van der Waals surface area contributed by atoms with Gasteiger partial charge in [0.05, 0.1) is 12.3 Å². The van der Waals surface area contributed by atoms with Crippen LogP contribution in [0.1, 0.15) is 0 Å². The quantitative estimate of drug-likeness (QED) is 0.720. The summed E-state index contributed by atoms with van der Waals surface area (Å²) in [6, 6.07) is 2.67. The molecule has 0 saturated carbocycles. The lowest BCUT2D eigenvalue weighted by molar-refractivity contribution is -0.118. The first-order chi connectivity index (χ1) is 7.04. The van der Waals surface area contributed by atoms with Gasteiger partial charge in [-0.25, -0.2) is 4.39 Å². The van der Waals surface area contributed by atoms with E-state index in [1.807, 2.05) is 0 Å². The lowest BCUT2D eigenvalue weighted by Gasteiger charge is -2.10. The Balaban J connectivity index is 2.80. The Morgan fingerprint density at radius 2 is 2.33 bits per heavy atom. The molecule has 0 bridgehead atoms. The van der Waals surface area contributed by atoms with E-state index in [0.717, 1.165) is 6.07 Å². The predicted octanol–water partition coefficient (Wildman–Crippen LogP) is 0.737. The molecule has 1 amide bonds. The number of nitrogens with one attached hydrogen (secondary N) is 1. The van der Waals surface area contributed by atoms with Crippen LogP contribution in [-0.2, 0) is 4.79 Å². The van der Waals surface area contributed by atoms with E-state index < -0.39 is 24.4 Å². The summed E-state index contributed by atoms with van der Waals surface area (Å²) in [6.07, 6.45) is 0. The van der Waals surface area contributed by atoms with Crippen molar-refractivity contribution in [3.8, 4) is 0 Å². The normalized spacial score (nSPS) is 12.3. The zero-order chi connectivity index (χ0) is 11.4. The van der Waals surface area contributed by atoms with E-state index in [2.05, 4.69) is 5.32 Å². The smallest absolute Gasteiger partial charge is 0.243 e. The minimum Gasteiger partial charge on any atom is -0.394 e. The van der Waals surface area contributed by atoms with Crippen LogP contribution >= 0.6 is 11.6 Å². The first-order valence-corrected chi connectivity index (χ1v) is 4.54. The number of aliphatic hydroxyl groups excluding tert-OH is 1. The molecule has 0 aromatic heterocycles. The largest absolute Gasteiger partial charge is 0.394 e. The Hall–Kier alpha value is -1.17. The van der Waals surface area contributed by atoms with E-state index in [9.17, 15) is 9.18 Å². The molecule has 1 atom stereocenters. The second-order valence-electron chi connectivity index (χ2n) is 2.90. The highest BCUT2D eigenvalue weighted by Gasteiger charge is 2.14. The maximum absolute atomic E-state index is 13.1. The first-order valence-electron chi connectivity index (χ1n) is 4.17. The van der Waals surface area contributed by atoms with Crippen LogP contribution in [0.2, 0.25) is 5.02 Å². The average Bonchev–Trinajstić information content (AvgIpc) is 2.22. The van der Waals surface area contributed by atoms with Crippen molar-refractivity contribution in [2.24, 2.45) is 5.73 Å². The van der Waals surface area contributed by atoms with Gasteiger partial charge in [0.2, 0.25) is 5.91 Å². The molecule has 82 valence electrons. The molecule has 0 aliphatic rings. The van der Waals surface area contributed by atoms with Crippen LogP contribution in [0.15, 0.2) is 18.2 Å². The van der Waals surface area contributed by atoms with Crippen LogP contribution in [0.4, 0.5) is 10.1 Å². The van der Waals surface area contributed by atoms with Gasteiger partial charge in [0.1, 0.15) is 11.9 Å². The molecule has 0 spiro atoms. The van der Waals surface area contributed by atoms with Gasteiger partial charge in [-0.2, -0.15) is 0 Å². The summed E-state index contributed by atoms with van der Waals surface area (Å²) in [5, 5.41) is 11.1. The molecule has 0 radical (unpaired) electrons. The van der Waals surface area contributed by atoms with Crippen LogP contribution in [0.25, 0.3) is 0 Å². The predicted molar refractivity (Wildman–Crippen MR) is 55.1 cm³/mol. The van der Waals surface area contributed by atoms with Gasteiger partial charge in [-0.1, -0.05) is 11.6 Å². The number of anilines is 1. The van der Waals surface area contributed by atoms with Crippen LogP contribution < -0.4 is 11.1 Å². The Morgan fingerprint density at radius 3 is 2.93 bits per heavy atom. The van der Waals surface area contributed by atoms with Crippen molar-refractivity contribution in [2.75, 3.05) is 11.9 Å². The molecule has 1 aromatic rings. The molecular formula is C9H10ClFN2O2. The highest BCUT2D eigenvalue weighted by Crippen LogP contribution is 2.19. The zero-order valence-electron chi connectivity index (χ0n) is 7.71. The van der Waals surface area contributed by atoms with Gasteiger partial charge in [-0.3, -0.25) is 4.79 Å². The average molecular weight is 233 g/mol. The Bertz CT molecular complexity index is 373. The summed E-state index contributed by atoms with van der Waals surface area (Å²) in [4.78, 5) is 11.2. The summed E-state index contributed by atoms with van der Waals surface area (Å²) in [5.41, 5.74) is 5.18. The fraction of sp³-hybridized carbons (Fsp3) is 0.222. The topological polar surface area (TPSA) is 75.3 Å². The van der Waals surface area contributed by atoms with Crippen LogP contribution in [-0.4, -0.2) is 23.7 Å². The van der Waals surface area contributed by atoms with Crippen molar-refractivity contribution in [3.05, 3.63) is 29.0 Å². The molecule has 0 saturated heterocycles. The molecule has 1 unspecified atom stereocenters. The fourth-order valence-electron chi connectivity index (χ4n) is 0.902. The molecule has 15 heavy (non-hydrogen) atoms. The lowest BCUT2D eigenvalue weighted by atomic mass is 10.2. The number of hydrogen-bond acceptors (Lipinski definition) is 3. The second-order valence-corrected chi connectivity index (χ2v) is 3.34. The first kappa shape index (κ1) is 11.9. The second kappa shape index (κ2) is 5.06. The van der Waals surface area contributed by atoms with Gasteiger partial charge >= 0.3 is 0 Å². The van der Waals surface area contributed by atoms with Gasteiger partial charge in [0.15, 0.2) is 0 Å². The number of nitrogens with two attached hydrogens (primary N) is 1. The summed E-state index contributed by atoms with van der Waals surface area (Å²) in [7, 11) is 0. The number of rotatable bonds is 3. The van der Waals surface area contributed by atoms with Gasteiger partial charge in [0.25, 0.3) is 0 Å². The van der Waals surface area contributed by atoms with Crippen molar-refractivity contribution >= 4 is 23.2 Å². The molecule has 4 N–H and O–H groups in total. The summed E-state index contributed by atoms with van der Waals surface area (Å²) in [6.45, 7) is -0.506. The van der Waals surface area contributed by atoms with Crippen LogP contribution in [0.5, 0.6) is 0 Å². The number of carbonyl (C=O) groups is 1. The third kappa shape index (κ3) is 3.16. The SMILES string of the molecule is NC(CO)C(=O)Nc1cc(Cl)ccc1F. The molecule has 0 aliphatic carbocycles. The Labute approximate surface area is 90.8 Å². The maximum atomic E-state index is 13.1. The molecule has 1 rings (SSSR count). The number of halogens is 2. The van der Waals surface area contributed by atoms with Crippen LogP contribution in [0.3, 0.4) is 0 Å². The highest BCUT2D eigenvalue weighted by atomic mass is 35.5. The zero-order valence-corrected chi connectivity index (χ0v) is 8.46. The van der Waals surface area contributed by atoms with Crippen molar-refractivity contribution in [1.29, 1.82) is 0 Å². The third-order valence-electron chi connectivity index (χ3n) is 1.72. The van der Waals surface area contributed by atoms with Crippen LogP contribution in [0, 0.1) is 5.82 Å². The van der Waals surface area contributed by atoms with Crippen molar-refractivity contribution < 1.29 is 14.3 Å². The Kier molecular flexibility index (Phi) is 4.02.